The van der Waals surface area contributed by atoms with Crippen LogP contribution in [0.5, 0.6) is 0 Å². The molecule has 98 valence electrons. The summed E-state index contributed by atoms with van der Waals surface area (Å²) in [5.74, 6) is -0.237. The lowest BCUT2D eigenvalue weighted by atomic mass is 9.93. The van der Waals surface area contributed by atoms with Crippen LogP contribution < -0.4 is 10.8 Å². The molecule has 0 aromatic carbocycles. The third-order valence-corrected chi connectivity index (χ3v) is 3.32. The molecule has 0 unspecified atom stereocenters. The molecule has 0 atom stereocenters. The zero-order valence-corrected chi connectivity index (χ0v) is 10.6. The first-order chi connectivity index (χ1) is 8.79. The molecule has 0 radical (unpaired) electrons. The summed E-state index contributed by atoms with van der Waals surface area (Å²) in [5.41, 5.74) is 3.02. The van der Waals surface area contributed by atoms with Crippen molar-refractivity contribution in [3.05, 3.63) is 30.1 Å². The molecular weight excluding hydrogens is 230 g/mol. The van der Waals surface area contributed by atoms with Crippen LogP contribution in [0, 0.1) is 0 Å². The highest BCUT2D eigenvalue weighted by molar-refractivity contribution is 5.93. The second-order valence-corrected chi connectivity index (χ2v) is 4.55. The van der Waals surface area contributed by atoms with Gasteiger partial charge in [0.1, 0.15) is 0 Å². The van der Waals surface area contributed by atoms with E-state index in [-0.39, 0.29) is 12.0 Å². The van der Waals surface area contributed by atoms with Crippen molar-refractivity contribution >= 4 is 5.91 Å². The van der Waals surface area contributed by atoms with Gasteiger partial charge < -0.3 is 5.32 Å². The number of amides is 1. The third-order valence-electron chi connectivity index (χ3n) is 3.32. The summed E-state index contributed by atoms with van der Waals surface area (Å²) < 4.78 is 0. The summed E-state index contributed by atoms with van der Waals surface area (Å²) in [4.78, 5) is 21.1. The quantitative estimate of drug-likeness (QED) is 0.789. The van der Waals surface area contributed by atoms with Gasteiger partial charge in [-0.1, -0.05) is 0 Å². The lowest BCUT2D eigenvalue weighted by molar-refractivity contribution is -0.0343. The minimum absolute atomic E-state index is 0.121. The highest BCUT2D eigenvalue weighted by Crippen LogP contribution is 2.20. The van der Waals surface area contributed by atoms with Crippen LogP contribution in [0.1, 0.15) is 36.0 Å². The zero-order valence-electron chi connectivity index (χ0n) is 10.6. The number of carbonyl (C=O) groups excluding carboxylic acids is 1. The number of hydrogen-bond donors (Lipinski definition) is 2. The Morgan fingerprint density at radius 2 is 2.17 bits per heavy atom. The zero-order chi connectivity index (χ0) is 12.8. The van der Waals surface area contributed by atoms with Crippen LogP contribution >= 0.6 is 0 Å². The van der Waals surface area contributed by atoms with Gasteiger partial charge in [0.05, 0.1) is 11.7 Å². The molecule has 2 rings (SSSR count). The van der Waals surface area contributed by atoms with Crippen LogP contribution in [0.25, 0.3) is 0 Å². The first-order valence-corrected chi connectivity index (χ1v) is 6.33. The molecule has 1 aromatic heterocycles. The Hall–Kier alpha value is -1.46. The molecule has 0 saturated heterocycles. The van der Waals surface area contributed by atoms with Gasteiger partial charge in [0, 0.05) is 18.4 Å². The van der Waals surface area contributed by atoms with E-state index in [2.05, 4.69) is 15.8 Å². The van der Waals surface area contributed by atoms with E-state index < -0.39 is 0 Å². The molecule has 5 heteroatoms. The minimum atomic E-state index is -0.237. The summed E-state index contributed by atoms with van der Waals surface area (Å²) in [6.07, 6.45) is 7.40. The van der Waals surface area contributed by atoms with Gasteiger partial charge >= 0.3 is 0 Å². The number of hydrogen-bond acceptors (Lipinski definition) is 4. The van der Waals surface area contributed by atoms with Crippen molar-refractivity contribution in [3.63, 3.8) is 0 Å². The molecule has 18 heavy (non-hydrogen) atoms. The first kappa shape index (κ1) is 13.0. The van der Waals surface area contributed by atoms with Crippen LogP contribution in [-0.2, 0) is 4.84 Å². The molecule has 2 N–H and O–H groups in total. The van der Waals surface area contributed by atoms with E-state index in [1.165, 1.54) is 6.20 Å². The van der Waals surface area contributed by atoms with Crippen LogP contribution in [0.2, 0.25) is 0 Å². The van der Waals surface area contributed by atoms with Crippen LogP contribution in [0.15, 0.2) is 24.5 Å². The molecule has 0 aliphatic heterocycles. The van der Waals surface area contributed by atoms with Crippen LogP contribution in [0.4, 0.5) is 0 Å². The average molecular weight is 249 g/mol. The number of aromatic nitrogens is 1. The van der Waals surface area contributed by atoms with Crippen molar-refractivity contribution < 1.29 is 9.63 Å². The Labute approximate surface area is 107 Å². The highest BCUT2D eigenvalue weighted by atomic mass is 16.7. The minimum Gasteiger partial charge on any atom is -0.317 e. The number of rotatable bonds is 4. The second kappa shape index (κ2) is 6.47. The van der Waals surface area contributed by atoms with Crippen molar-refractivity contribution in [1.29, 1.82) is 0 Å². The van der Waals surface area contributed by atoms with E-state index in [1.807, 2.05) is 7.05 Å². The molecule has 0 spiro atoms. The normalized spacial score (nSPS) is 23.6. The van der Waals surface area contributed by atoms with Crippen molar-refractivity contribution in [2.24, 2.45) is 0 Å². The molecule has 1 fully saturated rings. The molecule has 1 amide bonds. The molecule has 1 aliphatic rings. The molecule has 1 aliphatic carbocycles. The van der Waals surface area contributed by atoms with Crippen LogP contribution in [0.3, 0.4) is 0 Å². The topological polar surface area (TPSA) is 63.2 Å². The molecule has 1 aromatic rings. The van der Waals surface area contributed by atoms with E-state index >= 15 is 0 Å². The summed E-state index contributed by atoms with van der Waals surface area (Å²) in [6.45, 7) is 0. The van der Waals surface area contributed by atoms with Crippen molar-refractivity contribution in [2.75, 3.05) is 7.05 Å². The second-order valence-electron chi connectivity index (χ2n) is 4.55. The van der Waals surface area contributed by atoms with E-state index in [1.54, 1.807) is 18.3 Å². The van der Waals surface area contributed by atoms with E-state index in [4.69, 9.17) is 4.84 Å². The predicted molar refractivity (Wildman–Crippen MR) is 67.9 cm³/mol. The largest absolute Gasteiger partial charge is 0.317 e. The first-order valence-electron chi connectivity index (χ1n) is 6.33. The summed E-state index contributed by atoms with van der Waals surface area (Å²) in [7, 11) is 1.98. The summed E-state index contributed by atoms with van der Waals surface area (Å²) >= 11 is 0. The van der Waals surface area contributed by atoms with E-state index in [0.29, 0.717) is 11.6 Å². The standard InChI is InChI=1S/C13H19N3O2/c1-14-11-4-6-12(7-5-11)18-16-13(17)10-3-2-8-15-9-10/h2-3,8-9,11-12,14H,4-7H2,1H3,(H,16,17). The predicted octanol–water partition coefficient (Wildman–Crippen LogP) is 1.27. The van der Waals surface area contributed by atoms with Gasteiger partial charge in [0.25, 0.3) is 5.91 Å². The van der Waals surface area contributed by atoms with Crippen molar-refractivity contribution in [1.82, 2.24) is 15.8 Å². The van der Waals surface area contributed by atoms with Gasteiger partial charge in [-0.3, -0.25) is 14.6 Å². The fourth-order valence-electron chi connectivity index (χ4n) is 2.16. The van der Waals surface area contributed by atoms with Gasteiger partial charge in [-0.05, 0) is 44.9 Å². The number of nitrogens with one attached hydrogen (secondary N) is 2. The highest BCUT2D eigenvalue weighted by Gasteiger charge is 2.21. The number of hydroxylamine groups is 1. The Morgan fingerprint density at radius 3 is 2.78 bits per heavy atom. The monoisotopic (exact) mass is 249 g/mol. The Balaban J connectivity index is 1.74. The third kappa shape index (κ3) is 3.51. The van der Waals surface area contributed by atoms with Crippen molar-refractivity contribution in [3.8, 4) is 0 Å². The molecule has 5 nitrogen and oxygen atoms in total. The van der Waals surface area contributed by atoms with Crippen LogP contribution in [-0.4, -0.2) is 30.1 Å². The molecule has 1 saturated carbocycles. The van der Waals surface area contributed by atoms with E-state index in [9.17, 15) is 4.79 Å². The molecule has 1 heterocycles. The Bertz CT molecular complexity index is 375. The number of carbonyl (C=O) groups is 1. The Kier molecular flexibility index (Phi) is 4.66. The van der Waals surface area contributed by atoms with Crippen molar-refractivity contribution in [2.45, 2.75) is 37.8 Å². The average Bonchev–Trinajstić information content (AvgIpc) is 2.46. The lowest BCUT2D eigenvalue weighted by Crippen LogP contribution is -2.36. The van der Waals surface area contributed by atoms with Gasteiger partial charge in [0.2, 0.25) is 0 Å². The van der Waals surface area contributed by atoms with Gasteiger partial charge in [-0.15, -0.1) is 0 Å². The maximum atomic E-state index is 11.7. The maximum Gasteiger partial charge on any atom is 0.276 e. The SMILES string of the molecule is CNC1CCC(ONC(=O)c2cccnc2)CC1. The van der Waals surface area contributed by atoms with Gasteiger partial charge in [0.15, 0.2) is 0 Å². The fourth-order valence-corrected chi connectivity index (χ4v) is 2.16. The molecule has 0 bridgehead atoms. The number of nitrogens with zero attached hydrogens (tertiary/aromatic N) is 1. The maximum absolute atomic E-state index is 11.7. The van der Waals surface area contributed by atoms with Gasteiger partial charge in [-0.25, -0.2) is 5.48 Å². The number of pyridine rings is 1. The summed E-state index contributed by atoms with van der Waals surface area (Å²) in [5, 5.41) is 3.26. The van der Waals surface area contributed by atoms with Gasteiger partial charge in [-0.2, -0.15) is 0 Å². The fraction of sp³-hybridized carbons (Fsp3) is 0.538. The smallest absolute Gasteiger partial charge is 0.276 e. The summed E-state index contributed by atoms with van der Waals surface area (Å²) in [6, 6.07) is 4.02. The van der Waals surface area contributed by atoms with E-state index in [0.717, 1.165) is 25.7 Å². The molecular formula is C13H19N3O2. The lowest BCUT2D eigenvalue weighted by Gasteiger charge is -2.27. The Morgan fingerprint density at radius 1 is 1.39 bits per heavy atom.